The Hall–Kier alpha value is -2.05. The van der Waals surface area contributed by atoms with E-state index in [1.165, 1.54) is 0 Å². The van der Waals surface area contributed by atoms with Gasteiger partial charge in [0.15, 0.2) is 6.61 Å². The normalized spacial score (nSPS) is 12.7. The third-order valence-electron chi connectivity index (χ3n) is 5.12. The number of amides is 2. The lowest BCUT2D eigenvalue weighted by Crippen LogP contribution is -2.52. The molecule has 2 rings (SSSR count). The number of halogens is 2. The summed E-state index contributed by atoms with van der Waals surface area (Å²) >= 11 is 9.56. The van der Waals surface area contributed by atoms with Gasteiger partial charge in [-0.25, -0.2) is 0 Å². The summed E-state index contributed by atoms with van der Waals surface area (Å²) in [6, 6.07) is 14.6. The maximum absolute atomic E-state index is 13.1. The van der Waals surface area contributed by atoms with Gasteiger partial charge in [-0.3, -0.25) is 9.59 Å². The molecule has 2 atom stereocenters. The van der Waals surface area contributed by atoms with Gasteiger partial charge in [-0.15, -0.1) is 0 Å². The van der Waals surface area contributed by atoms with E-state index in [1.807, 2.05) is 51.1 Å². The van der Waals surface area contributed by atoms with E-state index in [0.717, 1.165) is 16.5 Å². The van der Waals surface area contributed by atoms with E-state index < -0.39 is 6.04 Å². The van der Waals surface area contributed by atoms with Crippen molar-refractivity contribution in [2.24, 2.45) is 0 Å². The molecule has 31 heavy (non-hydrogen) atoms. The second kappa shape index (κ2) is 12.7. The number of carbonyl (C=O) groups is 2. The lowest BCUT2D eigenvalue weighted by Gasteiger charge is -2.31. The molecular formula is C24H30BrClN2O3. The van der Waals surface area contributed by atoms with Crippen LogP contribution in [0.25, 0.3) is 0 Å². The van der Waals surface area contributed by atoms with Crippen LogP contribution in [0.2, 0.25) is 5.02 Å². The van der Waals surface area contributed by atoms with Crippen molar-refractivity contribution in [3.05, 3.63) is 63.6 Å². The second-order valence-electron chi connectivity index (χ2n) is 7.43. The Morgan fingerprint density at radius 3 is 2.45 bits per heavy atom. The molecule has 0 saturated carbocycles. The monoisotopic (exact) mass is 508 g/mol. The van der Waals surface area contributed by atoms with Gasteiger partial charge in [-0.2, -0.15) is 0 Å². The molecule has 2 aromatic rings. The Kier molecular flexibility index (Phi) is 10.3. The number of rotatable bonds is 11. The maximum Gasteiger partial charge on any atom is 0.261 e. The first-order valence-electron chi connectivity index (χ1n) is 10.6. The zero-order chi connectivity index (χ0) is 22.8. The smallest absolute Gasteiger partial charge is 0.261 e. The number of nitrogens with zero attached hydrogens (tertiary/aromatic N) is 1. The van der Waals surface area contributed by atoms with Crippen LogP contribution < -0.4 is 10.1 Å². The molecule has 0 heterocycles. The van der Waals surface area contributed by atoms with Crippen molar-refractivity contribution in [1.29, 1.82) is 0 Å². The van der Waals surface area contributed by atoms with Crippen LogP contribution >= 0.6 is 27.5 Å². The van der Waals surface area contributed by atoms with Crippen LogP contribution in [0.5, 0.6) is 5.75 Å². The molecule has 0 aromatic heterocycles. The van der Waals surface area contributed by atoms with E-state index in [0.29, 0.717) is 30.2 Å². The fraction of sp³-hybridized carbons (Fsp3) is 0.417. The fourth-order valence-corrected chi connectivity index (χ4v) is 3.88. The van der Waals surface area contributed by atoms with Crippen molar-refractivity contribution in [2.45, 2.75) is 52.1 Å². The lowest BCUT2D eigenvalue weighted by molar-refractivity contribution is -0.142. The standard InChI is InChI=1S/C24H30BrClN2O3/c1-4-17(3)27-24(30)21(5-2)28(14-13-18-9-7-6-8-10-18)23(29)16-31-22-12-11-19(25)15-20(22)26/h6-12,15,17,21H,4-5,13-14,16H2,1-3H3,(H,27,30)/t17-,21-/m0/s1. The van der Waals surface area contributed by atoms with E-state index in [4.69, 9.17) is 16.3 Å². The second-order valence-corrected chi connectivity index (χ2v) is 8.75. The van der Waals surface area contributed by atoms with Gasteiger partial charge < -0.3 is 15.0 Å². The van der Waals surface area contributed by atoms with Crippen LogP contribution in [0, 0.1) is 0 Å². The molecule has 5 nitrogen and oxygen atoms in total. The number of carbonyl (C=O) groups excluding carboxylic acids is 2. The topological polar surface area (TPSA) is 58.6 Å². The first kappa shape index (κ1) is 25.2. The maximum atomic E-state index is 13.1. The van der Waals surface area contributed by atoms with Crippen LogP contribution in [0.1, 0.15) is 39.2 Å². The van der Waals surface area contributed by atoms with Gasteiger partial charge in [0, 0.05) is 17.1 Å². The Morgan fingerprint density at radius 2 is 1.84 bits per heavy atom. The summed E-state index contributed by atoms with van der Waals surface area (Å²) < 4.78 is 6.51. The highest BCUT2D eigenvalue weighted by Crippen LogP contribution is 2.27. The van der Waals surface area contributed by atoms with Crippen molar-refractivity contribution in [3.63, 3.8) is 0 Å². The molecular weight excluding hydrogens is 480 g/mol. The summed E-state index contributed by atoms with van der Waals surface area (Å²) in [5.41, 5.74) is 1.11. The number of ether oxygens (including phenoxy) is 1. The highest BCUT2D eigenvalue weighted by atomic mass is 79.9. The van der Waals surface area contributed by atoms with E-state index in [9.17, 15) is 9.59 Å². The predicted molar refractivity (Wildman–Crippen MR) is 128 cm³/mol. The van der Waals surface area contributed by atoms with Gasteiger partial charge in [0.1, 0.15) is 11.8 Å². The summed E-state index contributed by atoms with van der Waals surface area (Å²) in [5.74, 6) is 0.0411. The molecule has 0 saturated heterocycles. The molecule has 1 N–H and O–H groups in total. The molecule has 2 amide bonds. The van der Waals surface area contributed by atoms with Gasteiger partial charge in [0.25, 0.3) is 5.91 Å². The van der Waals surface area contributed by atoms with Crippen molar-refractivity contribution in [3.8, 4) is 5.75 Å². The Balaban J connectivity index is 2.15. The first-order chi connectivity index (χ1) is 14.8. The van der Waals surface area contributed by atoms with Crippen LogP contribution in [-0.2, 0) is 16.0 Å². The molecule has 0 aliphatic rings. The minimum Gasteiger partial charge on any atom is -0.482 e. The SMILES string of the molecule is CC[C@H](C)NC(=O)[C@H](CC)N(CCc1ccccc1)C(=O)COc1ccc(Br)cc1Cl. The summed E-state index contributed by atoms with van der Waals surface area (Å²) in [4.78, 5) is 27.7. The molecule has 168 valence electrons. The van der Waals surface area contributed by atoms with Gasteiger partial charge in [-0.1, -0.05) is 71.7 Å². The first-order valence-corrected chi connectivity index (χ1v) is 11.7. The van der Waals surface area contributed by atoms with Gasteiger partial charge in [-0.05, 0) is 49.9 Å². The molecule has 0 unspecified atom stereocenters. The average Bonchev–Trinajstić information content (AvgIpc) is 2.76. The lowest BCUT2D eigenvalue weighted by atomic mass is 10.1. The quantitative estimate of drug-likeness (QED) is 0.450. The number of nitrogens with one attached hydrogen (secondary N) is 1. The third kappa shape index (κ3) is 7.86. The van der Waals surface area contributed by atoms with Crippen molar-refractivity contribution in [1.82, 2.24) is 10.2 Å². The van der Waals surface area contributed by atoms with E-state index >= 15 is 0 Å². The van der Waals surface area contributed by atoms with Crippen molar-refractivity contribution >= 4 is 39.3 Å². The number of hydrogen-bond donors (Lipinski definition) is 1. The van der Waals surface area contributed by atoms with E-state index in [2.05, 4.69) is 21.2 Å². The van der Waals surface area contributed by atoms with Gasteiger partial charge >= 0.3 is 0 Å². The molecule has 0 radical (unpaired) electrons. The van der Waals surface area contributed by atoms with Crippen LogP contribution in [0.3, 0.4) is 0 Å². The fourth-order valence-electron chi connectivity index (χ4n) is 3.15. The Labute approximate surface area is 198 Å². The minimum atomic E-state index is -0.561. The summed E-state index contributed by atoms with van der Waals surface area (Å²) in [6.45, 7) is 6.12. The molecule has 7 heteroatoms. The summed E-state index contributed by atoms with van der Waals surface area (Å²) in [6.07, 6.45) is 1.99. The number of hydrogen-bond acceptors (Lipinski definition) is 3. The van der Waals surface area contributed by atoms with E-state index in [-0.39, 0.29) is 24.5 Å². The van der Waals surface area contributed by atoms with Crippen LogP contribution in [0.4, 0.5) is 0 Å². The largest absolute Gasteiger partial charge is 0.482 e. The molecule has 0 bridgehead atoms. The molecule has 0 fully saturated rings. The Morgan fingerprint density at radius 1 is 1.13 bits per heavy atom. The minimum absolute atomic E-state index is 0.0467. The zero-order valence-electron chi connectivity index (χ0n) is 18.2. The van der Waals surface area contributed by atoms with Crippen LogP contribution in [-0.4, -0.2) is 41.9 Å². The van der Waals surface area contributed by atoms with Crippen LogP contribution in [0.15, 0.2) is 53.0 Å². The third-order valence-corrected chi connectivity index (χ3v) is 5.90. The summed E-state index contributed by atoms with van der Waals surface area (Å²) in [5, 5.41) is 3.42. The highest BCUT2D eigenvalue weighted by molar-refractivity contribution is 9.10. The van der Waals surface area contributed by atoms with E-state index in [1.54, 1.807) is 23.1 Å². The predicted octanol–water partition coefficient (Wildman–Crippen LogP) is 5.25. The molecule has 0 spiro atoms. The van der Waals surface area contributed by atoms with Crippen molar-refractivity contribution < 1.29 is 14.3 Å². The zero-order valence-corrected chi connectivity index (χ0v) is 20.6. The number of benzene rings is 2. The molecule has 0 aliphatic heterocycles. The summed E-state index contributed by atoms with van der Waals surface area (Å²) in [7, 11) is 0. The highest BCUT2D eigenvalue weighted by Gasteiger charge is 2.29. The van der Waals surface area contributed by atoms with Gasteiger partial charge in [0.05, 0.1) is 5.02 Å². The molecule has 2 aromatic carbocycles. The average molecular weight is 510 g/mol. The van der Waals surface area contributed by atoms with Crippen molar-refractivity contribution in [2.75, 3.05) is 13.2 Å². The molecule has 0 aliphatic carbocycles. The van der Waals surface area contributed by atoms with Gasteiger partial charge in [0.2, 0.25) is 5.91 Å². The Bertz CT molecular complexity index is 863.